The number of hydrogen-bond acceptors (Lipinski definition) is 4. The van der Waals surface area contributed by atoms with E-state index in [2.05, 4.69) is 10.6 Å². The highest BCUT2D eigenvalue weighted by Crippen LogP contribution is 2.18. The van der Waals surface area contributed by atoms with Crippen molar-refractivity contribution in [2.24, 2.45) is 0 Å². The average Bonchev–Trinajstić information content (AvgIpc) is 3.16. The number of nitrogens with one attached hydrogen (secondary N) is 2. The highest BCUT2D eigenvalue weighted by molar-refractivity contribution is 7.12. The molecule has 1 aromatic heterocycles. The summed E-state index contributed by atoms with van der Waals surface area (Å²) in [6, 6.07) is 18.1. The van der Waals surface area contributed by atoms with Crippen LogP contribution in [0.1, 0.15) is 15.2 Å². The van der Waals surface area contributed by atoms with E-state index in [0.29, 0.717) is 22.0 Å². The van der Waals surface area contributed by atoms with E-state index in [-0.39, 0.29) is 18.4 Å². The molecular weight excluding hydrogens is 348 g/mol. The highest BCUT2D eigenvalue weighted by Gasteiger charge is 2.09. The van der Waals surface area contributed by atoms with Crippen molar-refractivity contribution in [3.63, 3.8) is 0 Å². The lowest BCUT2D eigenvalue weighted by atomic mass is 10.2. The topological polar surface area (TPSA) is 67.4 Å². The molecule has 2 N–H and O–H groups in total. The van der Waals surface area contributed by atoms with Crippen LogP contribution >= 0.6 is 11.3 Å². The molecule has 0 atom stereocenters. The average molecular weight is 366 g/mol. The van der Waals surface area contributed by atoms with Gasteiger partial charge in [0.05, 0.1) is 4.88 Å². The molecule has 0 saturated carbocycles. The predicted molar refractivity (Wildman–Crippen MR) is 104 cm³/mol. The first-order valence-corrected chi connectivity index (χ1v) is 8.93. The molecule has 26 heavy (non-hydrogen) atoms. The molecule has 0 aliphatic heterocycles. The summed E-state index contributed by atoms with van der Waals surface area (Å²) in [5.74, 6) is 0.237. The zero-order chi connectivity index (χ0) is 18.4. The SMILES string of the molecule is Cc1ccccc1OCC(=O)Nc1cccc(NC(=O)c2cccs2)c1. The Bertz CT molecular complexity index is 907. The Kier molecular flexibility index (Phi) is 5.66. The maximum absolute atomic E-state index is 12.1. The number of ether oxygens (including phenoxy) is 1. The summed E-state index contributed by atoms with van der Waals surface area (Å²) >= 11 is 1.37. The van der Waals surface area contributed by atoms with Gasteiger partial charge < -0.3 is 15.4 Å². The van der Waals surface area contributed by atoms with Gasteiger partial charge in [-0.2, -0.15) is 0 Å². The standard InChI is InChI=1S/C20H18N2O3S/c1-14-6-2-3-9-17(14)25-13-19(23)21-15-7-4-8-16(12-15)22-20(24)18-10-5-11-26-18/h2-12H,13H2,1H3,(H,21,23)(H,22,24). The van der Waals surface area contributed by atoms with Crippen LogP contribution in [0.2, 0.25) is 0 Å². The van der Waals surface area contributed by atoms with Gasteiger partial charge in [-0.25, -0.2) is 0 Å². The third kappa shape index (κ3) is 4.70. The van der Waals surface area contributed by atoms with Gasteiger partial charge in [0.2, 0.25) is 0 Å². The molecule has 0 fully saturated rings. The maximum atomic E-state index is 12.1. The van der Waals surface area contributed by atoms with Gasteiger partial charge in [0.15, 0.2) is 6.61 Å². The molecule has 0 spiro atoms. The van der Waals surface area contributed by atoms with Crippen LogP contribution in [0.15, 0.2) is 66.0 Å². The van der Waals surface area contributed by atoms with Gasteiger partial charge in [0, 0.05) is 11.4 Å². The monoisotopic (exact) mass is 366 g/mol. The first kappa shape index (κ1) is 17.7. The lowest BCUT2D eigenvalue weighted by molar-refractivity contribution is -0.118. The second-order valence-corrected chi connectivity index (χ2v) is 6.56. The first-order chi connectivity index (χ1) is 12.6. The van der Waals surface area contributed by atoms with Crippen LogP contribution < -0.4 is 15.4 Å². The fourth-order valence-electron chi connectivity index (χ4n) is 2.33. The summed E-state index contributed by atoms with van der Waals surface area (Å²) in [4.78, 5) is 24.8. The Balaban J connectivity index is 1.57. The Hall–Kier alpha value is -3.12. The second-order valence-electron chi connectivity index (χ2n) is 5.61. The van der Waals surface area contributed by atoms with Gasteiger partial charge in [-0.15, -0.1) is 11.3 Å². The molecule has 0 unspecified atom stereocenters. The van der Waals surface area contributed by atoms with Crippen molar-refractivity contribution >= 4 is 34.5 Å². The summed E-state index contributed by atoms with van der Waals surface area (Å²) in [5, 5.41) is 7.43. The van der Waals surface area contributed by atoms with E-state index >= 15 is 0 Å². The minimum atomic E-state index is -0.269. The number of benzene rings is 2. The van der Waals surface area contributed by atoms with Crippen molar-refractivity contribution in [2.45, 2.75) is 6.92 Å². The Morgan fingerprint density at radius 1 is 0.962 bits per heavy atom. The van der Waals surface area contributed by atoms with Crippen LogP contribution in [0.5, 0.6) is 5.75 Å². The van der Waals surface area contributed by atoms with Crippen molar-refractivity contribution in [1.82, 2.24) is 0 Å². The zero-order valence-electron chi connectivity index (χ0n) is 14.2. The minimum Gasteiger partial charge on any atom is -0.483 e. The van der Waals surface area contributed by atoms with E-state index in [4.69, 9.17) is 4.74 Å². The lowest BCUT2D eigenvalue weighted by Gasteiger charge is -2.10. The van der Waals surface area contributed by atoms with Crippen LogP contribution in [0, 0.1) is 6.92 Å². The number of para-hydroxylation sites is 1. The highest BCUT2D eigenvalue weighted by atomic mass is 32.1. The molecular formula is C20H18N2O3S. The quantitative estimate of drug-likeness (QED) is 0.682. The molecule has 3 aromatic rings. The summed E-state index contributed by atoms with van der Waals surface area (Å²) in [5.41, 5.74) is 2.17. The van der Waals surface area contributed by atoms with Crippen molar-refractivity contribution in [3.05, 3.63) is 76.5 Å². The number of carbonyl (C=O) groups is 2. The van der Waals surface area contributed by atoms with E-state index in [9.17, 15) is 9.59 Å². The van der Waals surface area contributed by atoms with Crippen LogP contribution in [0.4, 0.5) is 11.4 Å². The number of amides is 2. The van der Waals surface area contributed by atoms with Gasteiger partial charge in [-0.1, -0.05) is 30.3 Å². The molecule has 1 heterocycles. The molecule has 2 aromatic carbocycles. The van der Waals surface area contributed by atoms with E-state index in [1.165, 1.54) is 11.3 Å². The Morgan fingerprint density at radius 3 is 2.46 bits per heavy atom. The summed E-state index contributed by atoms with van der Waals surface area (Å²) in [6.45, 7) is 1.84. The number of thiophene rings is 1. The van der Waals surface area contributed by atoms with E-state index < -0.39 is 0 Å². The summed E-state index contributed by atoms with van der Waals surface area (Å²) in [7, 11) is 0. The number of rotatable bonds is 6. The van der Waals surface area contributed by atoms with Gasteiger partial charge in [0.25, 0.3) is 11.8 Å². The van der Waals surface area contributed by atoms with Crippen LogP contribution in [0.3, 0.4) is 0 Å². The third-order valence-corrected chi connectivity index (χ3v) is 4.47. The maximum Gasteiger partial charge on any atom is 0.265 e. The van der Waals surface area contributed by atoms with Gasteiger partial charge in [-0.3, -0.25) is 9.59 Å². The van der Waals surface area contributed by atoms with Gasteiger partial charge in [0.1, 0.15) is 5.75 Å². The minimum absolute atomic E-state index is 0.0867. The number of aryl methyl sites for hydroxylation is 1. The molecule has 0 saturated heterocycles. The largest absolute Gasteiger partial charge is 0.483 e. The Labute approximate surface area is 155 Å². The van der Waals surface area contributed by atoms with Crippen LogP contribution in [-0.4, -0.2) is 18.4 Å². The summed E-state index contributed by atoms with van der Waals surface area (Å²) in [6.07, 6.45) is 0. The fraction of sp³-hybridized carbons (Fsp3) is 0.100. The molecule has 6 heteroatoms. The van der Waals surface area contributed by atoms with Crippen molar-refractivity contribution in [2.75, 3.05) is 17.2 Å². The van der Waals surface area contributed by atoms with Crippen molar-refractivity contribution < 1.29 is 14.3 Å². The van der Waals surface area contributed by atoms with Gasteiger partial charge in [-0.05, 0) is 48.2 Å². The number of hydrogen-bond donors (Lipinski definition) is 2. The third-order valence-electron chi connectivity index (χ3n) is 3.60. The Morgan fingerprint density at radius 2 is 1.73 bits per heavy atom. The van der Waals surface area contributed by atoms with E-state index in [1.807, 2.05) is 42.6 Å². The molecule has 2 amide bonds. The molecule has 0 aliphatic rings. The molecule has 0 bridgehead atoms. The zero-order valence-corrected chi connectivity index (χ0v) is 15.0. The molecule has 0 radical (unpaired) electrons. The summed E-state index contributed by atoms with van der Waals surface area (Å²) < 4.78 is 5.53. The molecule has 0 aliphatic carbocycles. The lowest BCUT2D eigenvalue weighted by Crippen LogP contribution is -2.20. The van der Waals surface area contributed by atoms with Crippen LogP contribution in [0.25, 0.3) is 0 Å². The van der Waals surface area contributed by atoms with Crippen LogP contribution in [-0.2, 0) is 4.79 Å². The molecule has 132 valence electrons. The number of carbonyl (C=O) groups excluding carboxylic acids is 2. The van der Waals surface area contributed by atoms with Gasteiger partial charge >= 0.3 is 0 Å². The first-order valence-electron chi connectivity index (χ1n) is 8.05. The second kappa shape index (κ2) is 8.31. The molecule has 5 nitrogen and oxygen atoms in total. The smallest absolute Gasteiger partial charge is 0.265 e. The van der Waals surface area contributed by atoms with E-state index in [1.54, 1.807) is 30.3 Å². The van der Waals surface area contributed by atoms with Crippen molar-refractivity contribution in [3.8, 4) is 5.75 Å². The predicted octanol–water partition coefficient (Wildman–Crippen LogP) is 4.33. The van der Waals surface area contributed by atoms with E-state index in [0.717, 1.165) is 5.56 Å². The fourth-order valence-corrected chi connectivity index (χ4v) is 2.95. The molecule has 3 rings (SSSR count). The number of anilines is 2. The van der Waals surface area contributed by atoms with Crippen molar-refractivity contribution in [1.29, 1.82) is 0 Å². The normalized spacial score (nSPS) is 10.2.